The second-order valence-electron chi connectivity index (χ2n) is 7.42. The fourth-order valence-corrected chi connectivity index (χ4v) is 8.08. The summed E-state index contributed by atoms with van der Waals surface area (Å²) in [6, 6.07) is 17.3. The van der Waals surface area contributed by atoms with Crippen LogP contribution in [0.15, 0.2) is 60.7 Å². The van der Waals surface area contributed by atoms with Gasteiger partial charge in [0.25, 0.3) is 0 Å². The maximum absolute atomic E-state index is 5.68. The van der Waals surface area contributed by atoms with Gasteiger partial charge in [-0.25, -0.2) is 0 Å². The Morgan fingerprint density at radius 3 is 1.48 bits per heavy atom. The Kier molecular flexibility index (Phi) is 3.84. The molecule has 2 aromatic rings. The third-order valence-electron chi connectivity index (χ3n) is 5.80. The normalized spacial score (nSPS) is 21.3. The third-order valence-corrected chi connectivity index (χ3v) is 9.96. The second kappa shape index (κ2) is 5.92. The molecule has 0 aliphatic heterocycles. The maximum Gasteiger partial charge on any atom is 0.122 e. The Hall–Kier alpha value is -2.26. The predicted molar refractivity (Wildman–Crippen MR) is 106 cm³/mol. The average molecular weight is 349 g/mol. The van der Waals surface area contributed by atoms with Crippen LogP contribution in [0.4, 0.5) is 0 Å². The number of rotatable bonds is 4. The van der Waals surface area contributed by atoms with Crippen molar-refractivity contribution in [1.82, 2.24) is 0 Å². The van der Waals surface area contributed by atoms with Crippen LogP contribution in [0.1, 0.15) is 33.3 Å². The van der Waals surface area contributed by atoms with Gasteiger partial charge in [-0.15, -0.1) is 0 Å². The highest BCUT2D eigenvalue weighted by Crippen LogP contribution is 2.50. The molecule has 3 heteroatoms. The molecule has 0 radical (unpaired) electrons. The van der Waals surface area contributed by atoms with Gasteiger partial charge in [0.05, 0.1) is 22.3 Å². The highest BCUT2D eigenvalue weighted by atomic mass is 28.3. The summed E-state index contributed by atoms with van der Waals surface area (Å²) in [6.45, 7) is 4.97. The van der Waals surface area contributed by atoms with E-state index in [2.05, 4.69) is 73.8 Å². The molecule has 0 spiro atoms. The lowest BCUT2D eigenvalue weighted by Gasteiger charge is -2.35. The van der Waals surface area contributed by atoms with Crippen molar-refractivity contribution in [2.24, 2.45) is 0 Å². The molecule has 0 saturated carbocycles. The zero-order valence-corrected chi connectivity index (χ0v) is 16.2. The van der Waals surface area contributed by atoms with Crippen LogP contribution in [-0.2, 0) is 9.47 Å². The minimum Gasteiger partial charge on any atom is -0.496 e. The Balaban J connectivity index is 1.81. The van der Waals surface area contributed by atoms with Crippen molar-refractivity contribution in [1.29, 1.82) is 0 Å². The van der Waals surface area contributed by atoms with E-state index in [1.54, 1.807) is 14.2 Å². The van der Waals surface area contributed by atoms with Crippen molar-refractivity contribution in [3.8, 4) is 0 Å². The summed E-state index contributed by atoms with van der Waals surface area (Å²) < 4.78 is 11.4. The number of allylic oxidation sites excluding steroid dienone is 2. The van der Waals surface area contributed by atoms with Crippen molar-refractivity contribution in [3.05, 3.63) is 82.9 Å². The van der Waals surface area contributed by atoms with E-state index in [1.165, 1.54) is 22.3 Å². The second-order valence-corrected chi connectivity index (χ2v) is 12.3. The first-order valence-electron chi connectivity index (χ1n) is 8.78. The van der Waals surface area contributed by atoms with E-state index < -0.39 is 8.07 Å². The molecular formula is C22H24O2Si. The molecule has 0 amide bonds. The van der Waals surface area contributed by atoms with Gasteiger partial charge < -0.3 is 9.47 Å². The van der Waals surface area contributed by atoms with Crippen LogP contribution in [0.5, 0.6) is 0 Å². The molecule has 2 aliphatic rings. The van der Waals surface area contributed by atoms with Crippen molar-refractivity contribution >= 4 is 19.6 Å². The van der Waals surface area contributed by atoms with Crippen LogP contribution >= 0.6 is 0 Å². The molecule has 0 N–H and O–H groups in total. The number of ether oxygens (including phenoxy) is 2. The first-order valence-corrected chi connectivity index (χ1v) is 11.9. The number of hydrogen-bond donors (Lipinski definition) is 0. The van der Waals surface area contributed by atoms with E-state index in [4.69, 9.17) is 9.47 Å². The summed E-state index contributed by atoms with van der Waals surface area (Å²) >= 11 is 0. The minimum absolute atomic E-state index is 0.434. The van der Waals surface area contributed by atoms with E-state index in [0.29, 0.717) is 11.1 Å². The molecule has 4 rings (SSSR count). The fourth-order valence-electron chi connectivity index (χ4n) is 4.43. The van der Waals surface area contributed by atoms with Gasteiger partial charge in [0.15, 0.2) is 0 Å². The molecule has 2 aromatic carbocycles. The molecule has 2 unspecified atom stereocenters. The number of fused-ring (bicyclic) bond motifs is 2. The molecule has 0 fully saturated rings. The lowest BCUT2D eigenvalue weighted by Crippen LogP contribution is -2.39. The largest absolute Gasteiger partial charge is 0.496 e. The van der Waals surface area contributed by atoms with E-state index >= 15 is 0 Å². The average Bonchev–Trinajstić information content (AvgIpc) is 3.21. The highest BCUT2D eigenvalue weighted by molar-refractivity contribution is 6.81. The molecule has 0 heterocycles. The van der Waals surface area contributed by atoms with E-state index in [-0.39, 0.29) is 0 Å². The topological polar surface area (TPSA) is 18.5 Å². The van der Waals surface area contributed by atoms with Crippen LogP contribution in [0, 0.1) is 0 Å². The van der Waals surface area contributed by atoms with Crippen LogP contribution in [-0.4, -0.2) is 22.3 Å². The smallest absolute Gasteiger partial charge is 0.122 e. The molecule has 25 heavy (non-hydrogen) atoms. The molecule has 2 atom stereocenters. The summed E-state index contributed by atoms with van der Waals surface area (Å²) in [5, 5.41) is 0. The standard InChI is InChI=1S/C22H24O2Si/c1-23-19-13-21(17-11-7-5-9-15(17)19)25(3,4)22-14-20(24-2)16-10-6-8-12-18(16)22/h5-14,21-22H,1-4H3. The summed E-state index contributed by atoms with van der Waals surface area (Å²) in [6.07, 6.45) is 4.69. The lowest BCUT2D eigenvalue weighted by atomic mass is 10.1. The molecular weight excluding hydrogens is 324 g/mol. The number of benzene rings is 2. The summed E-state index contributed by atoms with van der Waals surface area (Å²) in [5.41, 5.74) is 6.18. The number of methoxy groups -OCH3 is 2. The minimum atomic E-state index is -1.77. The van der Waals surface area contributed by atoms with Gasteiger partial charge in [0.1, 0.15) is 11.5 Å². The first-order chi connectivity index (χ1) is 12.1. The van der Waals surface area contributed by atoms with Gasteiger partial charge in [-0.1, -0.05) is 61.6 Å². The fraction of sp³-hybridized carbons (Fsp3) is 0.273. The van der Waals surface area contributed by atoms with Crippen LogP contribution < -0.4 is 0 Å². The molecule has 0 saturated heterocycles. The van der Waals surface area contributed by atoms with Crippen molar-refractivity contribution in [2.75, 3.05) is 14.2 Å². The lowest BCUT2D eigenvalue weighted by molar-refractivity contribution is 0.371. The highest BCUT2D eigenvalue weighted by Gasteiger charge is 2.45. The van der Waals surface area contributed by atoms with Crippen LogP contribution in [0.3, 0.4) is 0 Å². The van der Waals surface area contributed by atoms with Crippen molar-refractivity contribution in [2.45, 2.75) is 24.2 Å². The number of hydrogen-bond acceptors (Lipinski definition) is 2. The van der Waals surface area contributed by atoms with Gasteiger partial charge in [0, 0.05) is 22.2 Å². The van der Waals surface area contributed by atoms with Crippen LogP contribution in [0.2, 0.25) is 13.1 Å². The van der Waals surface area contributed by atoms with Crippen molar-refractivity contribution in [3.63, 3.8) is 0 Å². The molecule has 2 aliphatic carbocycles. The third kappa shape index (κ3) is 2.37. The van der Waals surface area contributed by atoms with Gasteiger partial charge in [-0.2, -0.15) is 0 Å². The summed E-state index contributed by atoms with van der Waals surface area (Å²) in [4.78, 5) is 0. The monoisotopic (exact) mass is 348 g/mol. The Bertz CT molecular complexity index is 808. The van der Waals surface area contributed by atoms with Crippen LogP contribution in [0.25, 0.3) is 11.5 Å². The van der Waals surface area contributed by atoms with E-state index in [1.807, 2.05) is 0 Å². The SMILES string of the molecule is COC1=CC([Si](C)(C)C2C=C(OC)c3ccccc32)c2ccccc21. The van der Waals surface area contributed by atoms with Gasteiger partial charge >= 0.3 is 0 Å². The quantitative estimate of drug-likeness (QED) is 0.694. The summed E-state index contributed by atoms with van der Waals surface area (Å²) in [7, 11) is 1.77. The molecule has 0 bridgehead atoms. The van der Waals surface area contributed by atoms with Gasteiger partial charge in [0.2, 0.25) is 0 Å². The Labute approximate surface area is 150 Å². The van der Waals surface area contributed by atoms with E-state index in [0.717, 1.165) is 11.5 Å². The first kappa shape index (κ1) is 16.2. The zero-order valence-electron chi connectivity index (χ0n) is 15.2. The van der Waals surface area contributed by atoms with E-state index in [9.17, 15) is 0 Å². The van der Waals surface area contributed by atoms with Gasteiger partial charge in [-0.05, 0) is 23.3 Å². The molecule has 128 valence electrons. The molecule has 2 nitrogen and oxygen atoms in total. The Morgan fingerprint density at radius 1 is 0.680 bits per heavy atom. The van der Waals surface area contributed by atoms with Gasteiger partial charge in [-0.3, -0.25) is 0 Å². The summed E-state index contributed by atoms with van der Waals surface area (Å²) in [5.74, 6) is 2.03. The zero-order chi connectivity index (χ0) is 17.6. The Morgan fingerprint density at radius 2 is 1.08 bits per heavy atom. The predicted octanol–water partition coefficient (Wildman–Crippen LogP) is 5.34. The maximum atomic E-state index is 5.68. The van der Waals surface area contributed by atoms with Crippen molar-refractivity contribution < 1.29 is 9.47 Å². The molecule has 0 aromatic heterocycles.